The molecule has 1 aliphatic rings. The van der Waals surface area contributed by atoms with Crippen LogP contribution in [0.25, 0.3) is 0 Å². The highest BCUT2D eigenvalue weighted by atomic mass is 19.1. The number of ether oxygens (including phenoxy) is 1. The van der Waals surface area contributed by atoms with Gasteiger partial charge in [-0.15, -0.1) is 0 Å². The second kappa shape index (κ2) is 7.02. The number of para-hydroxylation sites is 1. The number of piperidine rings is 1. The zero-order valence-electron chi connectivity index (χ0n) is 14.0. The van der Waals surface area contributed by atoms with Gasteiger partial charge in [0.05, 0.1) is 4.92 Å². The highest BCUT2D eigenvalue weighted by molar-refractivity contribution is 5.68. The van der Waals surface area contributed by atoms with E-state index >= 15 is 0 Å². The molecule has 1 N–H and O–H groups in total. The van der Waals surface area contributed by atoms with Crippen LogP contribution in [-0.4, -0.2) is 40.6 Å². The number of nitrogens with one attached hydrogen (secondary N) is 1. The SMILES string of the molecule is CC(C)(C)OC(=O)N1CCC(Nc2cccc(F)c2[N+](=O)[O-])CC1. The van der Waals surface area contributed by atoms with Crippen LogP contribution in [0.3, 0.4) is 0 Å². The maximum Gasteiger partial charge on any atom is 0.410 e. The lowest BCUT2D eigenvalue weighted by Crippen LogP contribution is -2.44. The maximum absolute atomic E-state index is 13.6. The minimum absolute atomic E-state index is 0.0656. The average molecular weight is 339 g/mol. The number of anilines is 1. The van der Waals surface area contributed by atoms with Crippen LogP contribution in [0.2, 0.25) is 0 Å². The largest absolute Gasteiger partial charge is 0.444 e. The molecule has 0 spiro atoms. The van der Waals surface area contributed by atoms with Crippen LogP contribution in [0.15, 0.2) is 18.2 Å². The van der Waals surface area contributed by atoms with E-state index in [1.165, 1.54) is 12.1 Å². The first-order valence-corrected chi connectivity index (χ1v) is 7.85. The number of carbonyl (C=O) groups excluding carboxylic acids is 1. The fourth-order valence-electron chi connectivity index (χ4n) is 2.57. The lowest BCUT2D eigenvalue weighted by Gasteiger charge is -2.34. The molecule has 0 unspecified atom stereocenters. The zero-order valence-corrected chi connectivity index (χ0v) is 14.0. The first-order chi connectivity index (χ1) is 11.2. The number of hydrogen-bond donors (Lipinski definition) is 1. The molecule has 1 fully saturated rings. The Hall–Kier alpha value is -2.38. The van der Waals surface area contributed by atoms with Gasteiger partial charge in [-0.2, -0.15) is 4.39 Å². The first-order valence-electron chi connectivity index (χ1n) is 7.85. The summed E-state index contributed by atoms with van der Waals surface area (Å²) in [6.07, 6.45) is 0.845. The summed E-state index contributed by atoms with van der Waals surface area (Å²) in [5, 5.41) is 14.0. The number of nitrogens with zero attached hydrogens (tertiary/aromatic N) is 2. The van der Waals surface area contributed by atoms with E-state index in [9.17, 15) is 19.3 Å². The number of benzene rings is 1. The van der Waals surface area contributed by atoms with E-state index in [-0.39, 0.29) is 17.8 Å². The summed E-state index contributed by atoms with van der Waals surface area (Å²) in [4.78, 5) is 23.9. The van der Waals surface area contributed by atoms with Gasteiger partial charge in [0.1, 0.15) is 11.3 Å². The lowest BCUT2D eigenvalue weighted by atomic mass is 10.0. The number of rotatable bonds is 3. The lowest BCUT2D eigenvalue weighted by molar-refractivity contribution is -0.386. The van der Waals surface area contributed by atoms with Gasteiger partial charge < -0.3 is 15.0 Å². The quantitative estimate of drug-likeness (QED) is 0.672. The maximum atomic E-state index is 13.6. The van der Waals surface area contributed by atoms with E-state index in [1.807, 2.05) is 20.8 Å². The van der Waals surface area contributed by atoms with Gasteiger partial charge in [-0.05, 0) is 45.7 Å². The van der Waals surface area contributed by atoms with E-state index in [2.05, 4.69) is 5.32 Å². The van der Waals surface area contributed by atoms with Gasteiger partial charge in [0.15, 0.2) is 0 Å². The average Bonchev–Trinajstić information content (AvgIpc) is 2.45. The summed E-state index contributed by atoms with van der Waals surface area (Å²) in [6.45, 7) is 6.39. The minimum atomic E-state index is -0.865. The Bertz CT molecular complexity index is 622. The van der Waals surface area contributed by atoms with E-state index in [0.717, 1.165) is 6.07 Å². The molecule has 1 heterocycles. The van der Waals surface area contributed by atoms with Crippen LogP contribution in [0, 0.1) is 15.9 Å². The molecule has 0 radical (unpaired) electrons. The Labute approximate surface area is 139 Å². The van der Waals surface area contributed by atoms with Gasteiger partial charge in [-0.1, -0.05) is 6.07 Å². The third-order valence-electron chi connectivity index (χ3n) is 3.68. The number of nitro benzene ring substituents is 1. The van der Waals surface area contributed by atoms with Crippen molar-refractivity contribution in [3.8, 4) is 0 Å². The van der Waals surface area contributed by atoms with Crippen LogP contribution in [-0.2, 0) is 4.74 Å². The summed E-state index contributed by atoms with van der Waals surface area (Å²) >= 11 is 0. The van der Waals surface area contributed by atoms with Crippen LogP contribution >= 0.6 is 0 Å². The van der Waals surface area contributed by atoms with E-state index < -0.39 is 22.0 Å². The second-order valence-corrected chi connectivity index (χ2v) is 6.78. The Kier molecular flexibility index (Phi) is 5.26. The third kappa shape index (κ3) is 4.56. The monoisotopic (exact) mass is 339 g/mol. The molecule has 0 atom stereocenters. The van der Waals surface area contributed by atoms with Gasteiger partial charge in [-0.3, -0.25) is 10.1 Å². The van der Waals surface area contributed by atoms with Crippen molar-refractivity contribution < 1.29 is 18.8 Å². The molecule has 8 heteroatoms. The standard InChI is InChI=1S/C16H22FN3O4/c1-16(2,3)24-15(21)19-9-7-11(8-10-19)18-13-6-4-5-12(17)14(13)20(22)23/h4-6,11,18H,7-10H2,1-3H3. The second-order valence-electron chi connectivity index (χ2n) is 6.78. The Morgan fingerprint density at radius 2 is 2.00 bits per heavy atom. The van der Waals surface area contributed by atoms with Crippen LogP contribution in [0.4, 0.5) is 20.6 Å². The molecule has 1 aromatic rings. The summed E-state index contributed by atoms with van der Waals surface area (Å²) in [5.74, 6) is -0.865. The van der Waals surface area contributed by atoms with Crippen LogP contribution in [0.1, 0.15) is 33.6 Å². The molecule has 1 aromatic carbocycles. The van der Waals surface area contributed by atoms with E-state index in [1.54, 1.807) is 4.90 Å². The molecule has 0 aromatic heterocycles. The first kappa shape index (κ1) is 18.0. The van der Waals surface area contributed by atoms with Crippen molar-refractivity contribution in [3.63, 3.8) is 0 Å². The van der Waals surface area contributed by atoms with E-state index in [0.29, 0.717) is 25.9 Å². The topological polar surface area (TPSA) is 84.7 Å². The zero-order chi connectivity index (χ0) is 17.9. The van der Waals surface area contributed by atoms with Crippen LogP contribution < -0.4 is 5.32 Å². The summed E-state index contributed by atoms with van der Waals surface area (Å²) in [5.41, 5.74) is -0.934. The predicted molar refractivity (Wildman–Crippen MR) is 87.5 cm³/mol. The molecule has 1 amide bonds. The van der Waals surface area contributed by atoms with Crippen molar-refractivity contribution in [2.75, 3.05) is 18.4 Å². The minimum Gasteiger partial charge on any atom is -0.444 e. The summed E-state index contributed by atoms with van der Waals surface area (Å²) < 4.78 is 19.0. The molecule has 1 saturated heterocycles. The summed E-state index contributed by atoms with van der Waals surface area (Å²) in [7, 11) is 0. The number of amides is 1. The molecule has 24 heavy (non-hydrogen) atoms. The van der Waals surface area contributed by atoms with E-state index in [4.69, 9.17) is 4.74 Å². The normalized spacial score (nSPS) is 15.9. The Morgan fingerprint density at radius 3 is 2.54 bits per heavy atom. The van der Waals surface area contributed by atoms with Gasteiger partial charge in [0.25, 0.3) is 0 Å². The molecule has 0 bridgehead atoms. The Morgan fingerprint density at radius 1 is 1.38 bits per heavy atom. The molecular weight excluding hydrogens is 317 g/mol. The molecule has 2 rings (SSSR count). The molecule has 1 aliphatic heterocycles. The highest BCUT2D eigenvalue weighted by Crippen LogP contribution is 2.29. The van der Waals surface area contributed by atoms with Crippen molar-refractivity contribution in [2.24, 2.45) is 0 Å². The van der Waals surface area contributed by atoms with Gasteiger partial charge in [-0.25, -0.2) is 4.79 Å². The number of hydrogen-bond acceptors (Lipinski definition) is 5. The van der Waals surface area contributed by atoms with Crippen molar-refractivity contribution in [1.29, 1.82) is 0 Å². The fourth-order valence-corrected chi connectivity index (χ4v) is 2.57. The van der Waals surface area contributed by atoms with Crippen LogP contribution in [0.5, 0.6) is 0 Å². The fraction of sp³-hybridized carbons (Fsp3) is 0.562. The summed E-state index contributed by atoms with van der Waals surface area (Å²) in [6, 6.07) is 3.92. The number of carbonyl (C=O) groups is 1. The van der Waals surface area contributed by atoms with Crippen molar-refractivity contribution in [1.82, 2.24) is 4.90 Å². The molecular formula is C16H22FN3O4. The van der Waals surface area contributed by atoms with Crippen molar-refractivity contribution >= 4 is 17.5 Å². The van der Waals surface area contributed by atoms with Crippen molar-refractivity contribution in [2.45, 2.75) is 45.3 Å². The smallest absolute Gasteiger partial charge is 0.410 e. The van der Waals surface area contributed by atoms with Gasteiger partial charge in [0.2, 0.25) is 5.82 Å². The third-order valence-corrected chi connectivity index (χ3v) is 3.68. The molecule has 0 aliphatic carbocycles. The molecule has 0 saturated carbocycles. The van der Waals surface area contributed by atoms with Crippen molar-refractivity contribution in [3.05, 3.63) is 34.1 Å². The molecule has 132 valence electrons. The van der Waals surface area contributed by atoms with Gasteiger partial charge >= 0.3 is 11.8 Å². The van der Waals surface area contributed by atoms with Gasteiger partial charge in [0, 0.05) is 19.1 Å². The number of likely N-dealkylation sites (tertiary alicyclic amines) is 1. The molecule has 7 nitrogen and oxygen atoms in total. The number of halogens is 1. The number of nitro groups is 1. The predicted octanol–water partition coefficient (Wildman–Crippen LogP) is 3.55. The highest BCUT2D eigenvalue weighted by Gasteiger charge is 2.28. The Balaban J connectivity index is 1.96.